The third-order valence-electron chi connectivity index (χ3n) is 2.81. The Morgan fingerprint density at radius 1 is 1.06 bits per heavy atom. The molecule has 0 bridgehead atoms. The summed E-state index contributed by atoms with van der Waals surface area (Å²) in [6.07, 6.45) is -0.0640. The molecule has 1 atom stereocenters. The molecule has 0 saturated heterocycles. The number of halogens is 1. The Morgan fingerprint density at radius 2 is 1.78 bits per heavy atom. The average molecular weight is 262 g/mol. The zero-order valence-electron chi connectivity index (χ0n) is 10.5. The van der Waals surface area contributed by atoms with Crippen molar-refractivity contribution in [2.24, 2.45) is 0 Å². The third-order valence-corrected chi connectivity index (χ3v) is 3.05. The second-order valence-corrected chi connectivity index (χ2v) is 4.56. The lowest BCUT2D eigenvalue weighted by Gasteiger charge is -2.27. The second kappa shape index (κ2) is 5.78. The number of para-hydroxylation sites is 1. The number of ether oxygens (including phenoxy) is 1. The molecular formula is C15H16ClNO. The molecular weight excluding hydrogens is 246 g/mol. The van der Waals surface area contributed by atoms with Crippen LogP contribution in [0.4, 0.5) is 5.69 Å². The van der Waals surface area contributed by atoms with Gasteiger partial charge < -0.3 is 9.64 Å². The second-order valence-electron chi connectivity index (χ2n) is 4.12. The smallest absolute Gasteiger partial charge is 0.169 e. The summed E-state index contributed by atoms with van der Waals surface area (Å²) in [4.78, 5) is 2.04. The lowest BCUT2D eigenvalue weighted by molar-refractivity contribution is 0.222. The summed E-state index contributed by atoms with van der Waals surface area (Å²) in [5.41, 5.74) is 1.03. The Kier molecular flexibility index (Phi) is 4.11. The SMILES string of the molecule is CC(Oc1ccccc1)N(C)c1cccc(Cl)c1. The van der Waals surface area contributed by atoms with Crippen LogP contribution in [0.25, 0.3) is 0 Å². The molecule has 0 aliphatic heterocycles. The molecule has 0 fully saturated rings. The van der Waals surface area contributed by atoms with Crippen molar-refractivity contribution >= 4 is 17.3 Å². The Bertz CT molecular complexity index is 501. The lowest BCUT2D eigenvalue weighted by Crippen LogP contribution is -2.33. The molecule has 3 heteroatoms. The number of benzene rings is 2. The molecule has 18 heavy (non-hydrogen) atoms. The molecule has 0 heterocycles. The van der Waals surface area contributed by atoms with E-state index >= 15 is 0 Å². The van der Waals surface area contributed by atoms with Crippen LogP contribution in [0, 0.1) is 0 Å². The van der Waals surface area contributed by atoms with Crippen molar-refractivity contribution in [2.75, 3.05) is 11.9 Å². The highest BCUT2D eigenvalue weighted by Gasteiger charge is 2.11. The van der Waals surface area contributed by atoms with E-state index in [0.29, 0.717) is 0 Å². The van der Waals surface area contributed by atoms with Crippen molar-refractivity contribution < 1.29 is 4.74 Å². The van der Waals surface area contributed by atoms with Gasteiger partial charge in [-0.1, -0.05) is 35.9 Å². The van der Waals surface area contributed by atoms with E-state index in [2.05, 4.69) is 0 Å². The number of nitrogens with zero attached hydrogens (tertiary/aromatic N) is 1. The van der Waals surface area contributed by atoms with Gasteiger partial charge in [0.25, 0.3) is 0 Å². The fraction of sp³-hybridized carbons (Fsp3) is 0.200. The number of hydrogen-bond acceptors (Lipinski definition) is 2. The number of anilines is 1. The van der Waals surface area contributed by atoms with Crippen LogP contribution in [0.15, 0.2) is 54.6 Å². The molecule has 0 aliphatic rings. The van der Waals surface area contributed by atoms with Gasteiger partial charge in [0.1, 0.15) is 5.75 Å². The molecule has 0 saturated carbocycles. The van der Waals surface area contributed by atoms with Crippen LogP contribution in [0.3, 0.4) is 0 Å². The molecule has 0 spiro atoms. The summed E-state index contributed by atoms with van der Waals surface area (Å²) < 4.78 is 5.85. The molecule has 1 unspecified atom stereocenters. The Labute approximate surface area is 113 Å². The van der Waals surface area contributed by atoms with Gasteiger partial charge in [0.15, 0.2) is 6.23 Å². The quantitative estimate of drug-likeness (QED) is 0.765. The van der Waals surface area contributed by atoms with Crippen LogP contribution in [-0.2, 0) is 0 Å². The van der Waals surface area contributed by atoms with E-state index in [-0.39, 0.29) is 6.23 Å². The minimum absolute atomic E-state index is 0.0640. The maximum Gasteiger partial charge on any atom is 0.169 e. The predicted molar refractivity (Wildman–Crippen MR) is 76.4 cm³/mol. The monoisotopic (exact) mass is 261 g/mol. The standard InChI is InChI=1S/C15H16ClNO/c1-12(18-15-9-4-3-5-10-15)17(2)14-8-6-7-13(16)11-14/h3-12H,1-2H3. The molecule has 2 aromatic rings. The molecule has 0 aliphatic carbocycles. The molecule has 94 valence electrons. The summed E-state index contributed by atoms with van der Waals surface area (Å²) >= 11 is 5.99. The van der Waals surface area contributed by atoms with E-state index < -0.39 is 0 Å². The molecule has 2 rings (SSSR count). The van der Waals surface area contributed by atoms with Gasteiger partial charge in [0, 0.05) is 17.8 Å². The predicted octanol–water partition coefficient (Wildman–Crippen LogP) is 4.20. The van der Waals surface area contributed by atoms with E-state index in [1.807, 2.05) is 73.5 Å². The van der Waals surface area contributed by atoms with Gasteiger partial charge in [-0.25, -0.2) is 0 Å². The van der Waals surface area contributed by atoms with Gasteiger partial charge in [-0.3, -0.25) is 0 Å². The first-order valence-electron chi connectivity index (χ1n) is 5.87. The highest BCUT2D eigenvalue weighted by Crippen LogP contribution is 2.21. The average Bonchev–Trinajstić information content (AvgIpc) is 2.39. The van der Waals surface area contributed by atoms with Crippen molar-refractivity contribution in [3.8, 4) is 5.75 Å². The Hall–Kier alpha value is -1.67. The Balaban J connectivity index is 2.07. The fourth-order valence-corrected chi connectivity index (χ4v) is 1.87. The van der Waals surface area contributed by atoms with Crippen LogP contribution >= 0.6 is 11.6 Å². The van der Waals surface area contributed by atoms with E-state index in [1.165, 1.54) is 0 Å². The molecule has 2 nitrogen and oxygen atoms in total. The summed E-state index contributed by atoms with van der Waals surface area (Å²) in [7, 11) is 1.99. The zero-order chi connectivity index (χ0) is 13.0. The summed E-state index contributed by atoms with van der Waals surface area (Å²) in [6, 6.07) is 17.5. The topological polar surface area (TPSA) is 12.5 Å². The highest BCUT2D eigenvalue weighted by atomic mass is 35.5. The van der Waals surface area contributed by atoms with E-state index in [4.69, 9.17) is 16.3 Å². The van der Waals surface area contributed by atoms with Gasteiger partial charge in [-0.05, 0) is 37.3 Å². The first kappa shape index (κ1) is 12.8. The maximum absolute atomic E-state index is 5.99. The van der Waals surface area contributed by atoms with Gasteiger partial charge in [-0.2, -0.15) is 0 Å². The Morgan fingerprint density at radius 3 is 2.44 bits per heavy atom. The highest BCUT2D eigenvalue weighted by molar-refractivity contribution is 6.30. The van der Waals surface area contributed by atoms with E-state index in [9.17, 15) is 0 Å². The first-order valence-corrected chi connectivity index (χ1v) is 6.25. The number of rotatable bonds is 4. The molecule has 0 aromatic heterocycles. The van der Waals surface area contributed by atoms with Crippen molar-refractivity contribution in [3.05, 3.63) is 59.6 Å². The minimum Gasteiger partial charge on any atom is -0.471 e. The fourth-order valence-electron chi connectivity index (χ4n) is 1.68. The maximum atomic E-state index is 5.99. The summed E-state index contributed by atoms with van der Waals surface area (Å²) in [5, 5.41) is 0.728. The van der Waals surface area contributed by atoms with E-state index in [0.717, 1.165) is 16.5 Å². The zero-order valence-corrected chi connectivity index (χ0v) is 11.3. The van der Waals surface area contributed by atoms with Gasteiger partial charge in [-0.15, -0.1) is 0 Å². The van der Waals surface area contributed by atoms with Crippen LogP contribution in [0.1, 0.15) is 6.92 Å². The van der Waals surface area contributed by atoms with Crippen LogP contribution in [-0.4, -0.2) is 13.3 Å². The van der Waals surface area contributed by atoms with Crippen LogP contribution in [0.2, 0.25) is 5.02 Å². The van der Waals surface area contributed by atoms with Crippen molar-refractivity contribution in [3.63, 3.8) is 0 Å². The van der Waals surface area contributed by atoms with Crippen LogP contribution in [0.5, 0.6) is 5.75 Å². The number of hydrogen-bond donors (Lipinski definition) is 0. The van der Waals surface area contributed by atoms with Crippen LogP contribution < -0.4 is 9.64 Å². The molecule has 0 radical (unpaired) electrons. The molecule has 0 amide bonds. The summed E-state index contributed by atoms with van der Waals surface area (Å²) in [5.74, 6) is 0.860. The van der Waals surface area contributed by atoms with Crippen molar-refractivity contribution in [2.45, 2.75) is 13.2 Å². The molecule has 0 N–H and O–H groups in total. The van der Waals surface area contributed by atoms with Crippen molar-refractivity contribution in [1.29, 1.82) is 0 Å². The van der Waals surface area contributed by atoms with Gasteiger partial charge in [0.05, 0.1) is 0 Å². The van der Waals surface area contributed by atoms with Gasteiger partial charge in [0.2, 0.25) is 0 Å². The minimum atomic E-state index is -0.0640. The van der Waals surface area contributed by atoms with Gasteiger partial charge >= 0.3 is 0 Å². The summed E-state index contributed by atoms with van der Waals surface area (Å²) in [6.45, 7) is 2.01. The van der Waals surface area contributed by atoms with E-state index in [1.54, 1.807) is 0 Å². The van der Waals surface area contributed by atoms with Crippen molar-refractivity contribution in [1.82, 2.24) is 0 Å². The first-order chi connectivity index (χ1) is 8.66. The third kappa shape index (κ3) is 3.17. The lowest BCUT2D eigenvalue weighted by atomic mass is 10.3. The normalized spacial score (nSPS) is 11.9. The largest absolute Gasteiger partial charge is 0.471 e. The molecule has 2 aromatic carbocycles.